The molecule has 1 amide bonds. The average Bonchev–Trinajstić information content (AvgIpc) is 2.22. The quantitative estimate of drug-likeness (QED) is 0.885. The zero-order valence-electron chi connectivity index (χ0n) is 9.59. The molecule has 0 fully saturated rings. The van der Waals surface area contributed by atoms with Crippen LogP contribution in [0.2, 0.25) is 0 Å². The number of aryl methyl sites for hydroxylation is 1. The molecule has 0 saturated heterocycles. The normalized spacial score (nSPS) is 12.2. The van der Waals surface area contributed by atoms with Crippen LogP contribution in [0.15, 0.2) is 22.7 Å². The van der Waals surface area contributed by atoms with Gasteiger partial charge in [0, 0.05) is 11.0 Å². The fraction of sp³-hybridized carbons (Fsp3) is 0.417. The van der Waals surface area contributed by atoms with Crippen LogP contribution in [0.25, 0.3) is 0 Å². The summed E-state index contributed by atoms with van der Waals surface area (Å²) in [6.45, 7) is 4.37. The molecule has 1 aromatic rings. The van der Waals surface area contributed by atoms with Crippen LogP contribution in [-0.4, -0.2) is 18.5 Å². The molecule has 1 unspecified atom stereocenters. The van der Waals surface area contributed by atoms with E-state index in [-0.39, 0.29) is 5.91 Å². The van der Waals surface area contributed by atoms with Crippen LogP contribution in [0.3, 0.4) is 0 Å². The number of nitrogens with two attached hydrogens (primary N) is 1. The molecule has 0 aliphatic heterocycles. The maximum atomic E-state index is 11.2. The summed E-state index contributed by atoms with van der Waals surface area (Å²) in [7, 11) is 0. The van der Waals surface area contributed by atoms with Crippen molar-refractivity contribution in [3.8, 4) is 0 Å². The molecule has 0 aromatic heterocycles. The first kappa shape index (κ1) is 13.2. The standard InChI is InChI=1S/C12H17BrN2O/c1-8-3-4-11(13)7-10(8)5-6-15-12(16)9(2)14/h3-4,7,9H,5-6,14H2,1-2H3,(H,15,16). The molecule has 16 heavy (non-hydrogen) atoms. The van der Waals surface area contributed by atoms with E-state index in [4.69, 9.17) is 5.73 Å². The summed E-state index contributed by atoms with van der Waals surface area (Å²) in [6.07, 6.45) is 0.823. The molecule has 0 bridgehead atoms. The van der Waals surface area contributed by atoms with E-state index in [0.717, 1.165) is 10.9 Å². The van der Waals surface area contributed by atoms with E-state index in [9.17, 15) is 4.79 Å². The van der Waals surface area contributed by atoms with Crippen molar-refractivity contribution in [3.05, 3.63) is 33.8 Å². The van der Waals surface area contributed by atoms with Gasteiger partial charge in [0.2, 0.25) is 5.91 Å². The van der Waals surface area contributed by atoms with Gasteiger partial charge in [-0.25, -0.2) is 0 Å². The van der Waals surface area contributed by atoms with Crippen molar-refractivity contribution in [2.45, 2.75) is 26.3 Å². The predicted octanol–water partition coefficient (Wildman–Crippen LogP) is 1.76. The topological polar surface area (TPSA) is 55.1 Å². The average molecular weight is 285 g/mol. The number of rotatable bonds is 4. The van der Waals surface area contributed by atoms with Gasteiger partial charge in [-0.1, -0.05) is 22.0 Å². The summed E-state index contributed by atoms with van der Waals surface area (Å²) < 4.78 is 1.06. The Labute approximate surface area is 105 Å². The maximum absolute atomic E-state index is 11.2. The molecule has 4 heteroatoms. The molecule has 3 N–H and O–H groups in total. The first-order valence-corrected chi connectivity index (χ1v) is 6.08. The third-order valence-corrected chi connectivity index (χ3v) is 2.91. The van der Waals surface area contributed by atoms with Gasteiger partial charge >= 0.3 is 0 Å². The summed E-state index contributed by atoms with van der Waals surface area (Å²) in [5.41, 5.74) is 7.92. The van der Waals surface area contributed by atoms with Crippen molar-refractivity contribution in [3.63, 3.8) is 0 Å². The zero-order valence-corrected chi connectivity index (χ0v) is 11.2. The molecule has 0 radical (unpaired) electrons. The molecule has 0 heterocycles. The number of halogens is 1. The van der Waals surface area contributed by atoms with E-state index in [2.05, 4.69) is 40.3 Å². The third-order valence-electron chi connectivity index (χ3n) is 2.42. The van der Waals surface area contributed by atoms with Crippen LogP contribution in [0, 0.1) is 6.92 Å². The van der Waals surface area contributed by atoms with Gasteiger partial charge in [0.25, 0.3) is 0 Å². The Bertz CT molecular complexity index is 377. The Morgan fingerprint density at radius 1 is 1.56 bits per heavy atom. The second-order valence-electron chi connectivity index (χ2n) is 3.90. The van der Waals surface area contributed by atoms with Crippen molar-refractivity contribution in [2.75, 3.05) is 6.54 Å². The predicted molar refractivity (Wildman–Crippen MR) is 69.2 cm³/mol. The second kappa shape index (κ2) is 6.01. The Balaban J connectivity index is 2.49. The van der Waals surface area contributed by atoms with E-state index in [1.165, 1.54) is 11.1 Å². The van der Waals surface area contributed by atoms with Gasteiger partial charge in [0.1, 0.15) is 0 Å². The minimum Gasteiger partial charge on any atom is -0.354 e. The van der Waals surface area contributed by atoms with E-state index in [1.54, 1.807) is 6.92 Å². The van der Waals surface area contributed by atoms with Gasteiger partial charge in [0.05, 0.1) is 6.04 Å². The zero-order chi connectivity index (χ0) is 12.1. The minimum absolute atomic E-state index is 0.104. The molecular formula is C12H17BrN2O. The van der Waals surface area contributed by atoms with Gasteiger partial charge in [-0.3, -0.25) is 4.79 Å². The SMILES string of the molecule is Cc1ccc(Br)cc1CCNC(=O)C(C)N. The highest BCUT2D eigenvalue weighted by atomic mass is 79.9. The minimum atomic E-state index is -0.441. The van der Waals surface area contributed by atoms with Gasteiger partial charge in [-0.05, 0) is 43.5 Å². The molecule has 0 aliphatic carbocycles. The number of carbonyl (C=O) groups is 1. The highest BCUT2D eigenvalue weighted by molar-refractivity contribution is 9.10. The Morgan fingerprint density at radius 3 is 2.88 bits per heavy atom. The lowest BCUT2D eigenvalue weighted by Crippen LogP contribution is -2.39. The van der Waals surface area contributed by atoms with Crippen LogP contribution in [0.5, 0.6) is 0 Å². The Kier molecular flexibility index (Phi) is 4.96. The summed E-state index contributed by atoms with van der Waals surface area (Å²) in [5, 5.41) is 2.80. The summed E-state index contributed by atoms with van der Waals surface area (Å²) in [4.78, 5) is 11.2. The molecule has 1 aromatic carbocycles. The molecule has 0 spiro atoms. The van der Waals surface area contributed by atoms with Crippen LogP contribution in [-0.2, 0) is 11.2 Å². The van der Waals surface area contributed by atoms with Crippen molar-refractivity contribution >= 4 is 21.8 Å². The summed E-state index contributed by atoms with van der Waals surface area (Å²) in [6, 6.07) is 5.71. The van der Waals surface area contributed by atoms with Crippen LogP contribution in [0.4, 0.5) is 0 Å². The summed E-state index contributed by atoms with van der Waals surface area (Å²) >= 11 is 3.43. The number of hydrogen-bond acceptors (Lipinski definition) is 2. The summed E-state index contributed by atoms with van der Waals surface area (Å²) in [5.74, 6) is -0.104. The van der Waals surface area contributed by atoms with Gasteiger partial charge in [-0.2, -0.15) is 0 Å². The van der Waals surface area contributed by atoms with Crippen LogP contribution < -0.4 is 11.1 Å². The van der Waals surface area contributed by atoms with Crippen molar-refractivity contribution in [1.82, 2.24) is 5.32 Å². The van der Waals surface area contributed by atoms with Crippen LogP contribution >= 0.6 is 15.9 Å². The fourth-order valence-corrected chi connectivity index (χ4v) is 1.80. The highest BCUT2D eigenvalue weighted by Gasteiger charge is 2.06. The van der Waals surface area contributed by atoms with Crippen molar-refractivity contribution in [1.29, 1.82) is 0 Å². The van der Waals surface area contributed by atoms with E-state index in [0.29, 0.717) is 6.54 Å². The van der Waals surface area contributed by atoms with Gasteiger partial charge in [0.15, 0.2) is 0 Å². The lowest BCUT2D eigenvalue weighted by atomic mass is 10.1. The van der Waals surface area contributed by atoms with Crippen molar-refractivity contribution < 1.29 is 4.79 Å². The first-order chi connectivity index (χ1) is 7.50. The lowest BCUT2D eigenvalue weighted by molar-refractivity contribution is -0.121. The van der Waals surface area contributed by atoms with Gasteiger partial charge in [-0.15, -0.1) is 0 Å². The molecule has 0 aliphatic rings. The van der Waals surface area contributed by atoms with E-state index >= 15 is 0 Å². The highest BCUT2D eigenvalue weighted by Crippen LogP contribution is 2.16. The molecule has 3 nitrogen and oxygen atoms in total. The largest absolute Gasteiger partial charge is 0.354 e. The van der Waals surface area contributed by atoms with E-state index in [1.807, 2.05) is 6.07 Å². The van der Waals surface area contributed by atoms with Crippen molar-refractivity contribution in [2.24, 2.45) is 5.73 Å². The maximum Gasteiger partial charge on any atom is 0.236 e. The number of carbonyl (C=O) groups excluding carboxylic acids is 1. The smallest absolute Gasteiger partial charge is 0.236 e. The first-order valence-electron chi connectivity index (χ1n) is 5.29. The fourth-order valence-electron chi connectivity index (χ4n) is 1.39. The number of hydrogen-bond donors (Lipinski definition) is 2. The molecule has 88 valence electrons. The number of benzene rings is 1. The van der Waals surface area contributed by atoms with Gasteiger partial charge < -0.3 is 11.1 Å². The molecule has 1 rings (SSSR count). The third kappa shape index (κ3) is 3.94. The number of nitrogens with one attached hydrogen (secondary N) is 1. The Morgan fingerprint density at radius 2 is 2.25 bits per heavy atom. The Hall–Kier alpha value is -0.870. The van der Waals surface area contributed by atoms with Crippen LogP contribution in [0.1, 0.15) is 18.1 Å². The second-order valence-corrected chi connectivity index (χ2v) is 4.82. The van der Waals surface area contributed by atoms with E-state index < -0.39 is 6.04 Å². The molecule has 1 atom stereocenters. The number of amides is 1. The molecule has 0 saturated carbocycles. The lowest BCUT2D eigenvalue weighted by Gasteiger charge is -2.09. The molecular weight excluding hydrogens is 268 g/mol. The monoisotopic (exact) mass is 284 g/mol.